The van der Waals surface area contributed by atoms with Gasteiger partial charge in [0.05, 0.1) is 17.5 Å². The Morgan fingerprint density at radius 3 is 2.41 bits per heavy atom. The lowest BCUT2D eigenvalue weighted by Crippen LogP contribution is -2.25. The van der Waals surface area contributed by atoms with Gasteiger partial charge < -0.3 is 9.73 Å². The largest absolute Gasteiger partial charge is 0.455 e. The first-order valence-electron chi connectivity index (χ1n) is 10.2. The average molecular weight is 477 g/mol. The fourth-order valence-corrected chi connectivity index (χ4v) is 4.24. The van der Waals surface area contributed by atoms with E-state index in [-0.39, 0.29) is 11.3 Å². The number of halogens is 1. The first-order valence-corrected chi connectivity index (χ1v) is 12.1. The highest BCUT2D eigenvalue weighted by Gasteiger charge is 2.25. The van der Waals surface area contributed by atoms with Crippen LogP contribution in [0.1, 0.15) is 15.9 Å². The van der Waals surface area contributed by atoms with Gasteiger partial charge >= 0.3 is 0 Å². The Hall–Kier alpha value is -4.09. The molecule has 0 bridgehead atoms. The van der Waals surface area contributed by atoms with Crippen LogP contribution in [0.2, 0.25) is 0 Å². The van der Waals surface area contributed by atoms with Crippen LogP contribution >= 0.6 is 0 Å². The maximum atomic E-state index is 13.5. The van der Waals surface area contributed by atoms with Crippen molar-refractivity contribution in [2.75, 3.05) is 24.7 Å². The molecule has 0 saturated heterocycles. The second kappa shape index (κ2) is 8.69. The van der Waals surface area contributed by atoms with Crippen LogP contribution in [0.25, 0.3) is 33.4 Å². The highest BCUT2D eigenvalue weighted by Crippen LogP contribution is 2.41. The summed E-state index contributed by atoms with van der Waals surface area (Å²) in [5.41, 5.74) is 3.27. The molecule has 6 nitrogen and oxygen atoms in total. The molecule has 4 aromatic rings. The molecule has 0 fully saturated rings. The molecule has 3 aromatic carbocycles. The molecule has 0 unspecified atom stereocenters. The van der Waals surface area contributed by atoms with Crippen molar-refractivity contribution in [3.05, 3.63) is 77.6 Å². The van der Waals surface area contributed by atoms with Crippen LogP contribution in [0.3, 0.4) is 0 Å². The number of carbonyl (C=O) groups is 1. The zero-order chi connectivity index (χ0) is 24.6. The SMILES string of the molecule is C#Cc1cccc(-c2cc3c(C(=O)NC)c(-c4ccc(F)cc4)oc3cc2N(C)S(C)(=O)=O)c1. The summed E-state index contributed by atoms with van der Waals surface area (Å²) >= 11 is 0. The minimum atomic E-state index is -3.62. The summed E-state index contributed by atoms with van der Waals surface area (Å²) in [5, 5.41) is 3.09. The van der Waals surface area contributed by atoms with Crippen molar-refractivity contribution in [2.45, 2.75) is 0 Å². The van der Waals surface area contributed by atoms with Crippen molar-refractivity contribution in [3.63, 3.8) is 0 Å². The Bertz CT molecular complexity index is 1570. The van der Waals surface area contributed by atoms with Gasteiger partial charge in [0.25, 0.3) is 5.91 Å². The fourth-order valence-electron chi connectivity index (χ4n) is 3.73. The fraction of sp³-hybridized carbons (Fsp3) is 0.115. The summed E-state index contributed by atoms with van der Waals surface area (Å²) in [6.45, 7) is 0. The van der Waals surface area contributed by atoms with Crippen molar-refractivity contribution in [1.29, 1.82) is 0 Å². The van der Waals surface area contributed by atoms with E-state index in [1.165, 1.54) is 38.4 Å². The third-order valence-electron chi connectivity index (χ3n) is 5.54. The average Bonchev–Trinajstić information content (AvgIpc) is 3.20. The highest BCUT2D eigenvalue weighted by molar-refractivity contribution is 7.92. The minimum absolute atomic E-state index is 0.247. The number of benzene rings is 3. The van der Waals surface area contributed by atoms with Crippen molar-refractivity contribution >= 4 is 32.6 Å². The molecule has 1 N–H and O–H groups in total. The standard InChI is InChI=1S/C26H21FN2O4S/c1-5-16-7-6-8-18(13-16)20-14-21-23(15-22(20)29(3)34(4,31)32)33-25(24(21)26(30)28-2)17-9-11-19(27)12-10-17/h1,6-15H,2-4H3,(H,28,30). The Kier molecular flexibility index (Phi) is 5.90. The quantitative estimate of drug-likeness (QED) is 0.426. The molecule has 0 aliphatic rings. The number of furan rings is 1. The topological polar surface area (TPSA) is 79.6 Å². The second-order valence-corrected chi connectivity index (χ2v) is 9.73. The highest BCUT2D eigenvalue weighted by atomic mass is 32.2. The molecule has 1 aromatic heterocycles. The van der Waals surface area contributed by atoms with Gasteiger partial charge in [0.15, 0.2) is 0 Å². The summed E-state index contributed by atoms with van der Waals surface area (Å²) in [7, 11) is -0.684. The van der Waals surface area contributed by atoms with Crippen molar-refractivity contribution in [3.8, 4) is 34.8 Å². The number of rotatable bonds is 5. The van der Waals surface area contributed by atoms with Gasteiger partial charge in [-0.25, -0.2) is 12.8 Å². The van der Waals surface area contributed by atoms with Crippen LogP contribution in [-0.2, 0) is 10.0 Å². The van der Waals surface area contributed by atoms with E-state index in [1.807, 2.05) is 6.07 Å². The number of hydrogen-bond acceptors (Lipinski definition) is 4. The Balaban J connectivity index is 2.09. The lowest BCUT2D eigenvalue weighted by molar-refractivity contribution is 0.0964. The summed E-state index contributed by atoms with van der Waals surface area (Å²) in [5.74, 6) is 2.00. The van der Waals surface area contributed by atoms with E-state index in [9.17, 15) is 17.6 Å². The number of nitrogens with one attached hydrogen (secondary N) is 1. The zero-order valence-electron chi connectivity index (χ0n) is 18.7. The minimum Gasteiger partial charge on any atom is -0.455 e. The van der Waals surface area contributed by atoms with Crippen LogP contribution in [0, 0.1) is 18.2 Å². The predicted octanol–water partition coefficient (Wildman–Crippen LogP) is 4.64. The van der Waals surface area contributed by atoms with Crippen molar-refractivity contribution < 1.29 is 22.0 Å². The smallest absolute Gasteiger partial charge is 0.255 e. The Morgan fingerprint density at radius 2 is 1.79 bits per heavy atom. The van der Waals surface area contributed by atoms with Crippen LogP contribution in [0.4, 0.5) is 10.1 Å². The molecule has 34 heavy (non-hydrogen) atoms. The van der Waals surface area contributed by atoms with E-state index >= 15 is 0 Å². The number of terminal acetylenes is 1. The van der Waals surface area contributed by atoms with Gasteiger partial charge in [-0.05, 0) is 48.0 Å². The van der Waals surface area contributed by atoms with Gasteiger partial charge in [0.1, 0.15) is 17.2 Å². The molecule has 172 valence electrons. The van der Waals surface area contributed by atoms with E-state index in [2.05, 4.69) is 11.2 Å². The summed E-state index contributed by atoms with van der Waals surface area (Å²) < 4.78 is 45.5. The number of sulfonamides is 1. The van der Waals surface area contributed by atoms with Gasteiger partial charge in [0, 0.05) is 42.2 Å². The van der Waals surface area contributed by atoms with Gasteiger partial charge in [0.2, 0.25) is 10.0 Å². The predicted molar refractivity (Wildman–Crippen MR) is 132 cm³/mol. The van der Waals surface area contributed by atoms with Gasteiger partial charge in [-0.2, -0.15) is 0 Å². The van der Waals surface area contributed by atoms with Gasteiger partial charge in [-0.3, -0.25) is 9.10 Å². The molecule has 0 saturated carbocycles. The van der Waals surface area contributed by atoms with E-state index in [4.69, 9.17) is 10.8 Å². The van der Waals surface area contributed by atoms with Crippen molar-refractivity contribution in [1.82, 2.24) is 5.32 Å². The first kappa shape index (κ1) is 23.1. The monoisotopic (exact) mass is 476 g/mol. The van der Waals surface area contributed by atoms with E-state index in [0.29, 0.717) is 38.9 Å². The van der Waals surface area contributed by atoms with E-state index in [1.54, 1.807) is 30.3 Å². The normalized spacial score (nSPS) is 11.3. The van der Waals surface area contributed by atoms with Crippen LogP contribution < -0.4 is 9.62 Å². The number of anilines is 1. The van der Waals surface area contributed by atoms with Crippen LogP contribution in [0.15, 0.2) is 65.1 Å². The van der Waals surface area contributed by atoms with Crippen LogP contribution in [0.5, 0.6) is 0 Å². The van der Waals surface area contributed by atoms with Gasteiger partial charge in [-0.1, -0.05) is 18.1 Å². The maximum absolute atomic E-state index is 13.5. The third-order valence-corrected chi connectivity index (χ3v) is 6.74. The number of nitrogens with zero attached hydrogens (tertiary/aromatic N) is 1. The van der Waals surface area contributed by atoms with Crippen LogP contribution in [-0.4, -0.2) is 34.7 Å². The number of amides is 1. The maximum Gasteiger partial charge on any atom is 0.255 e. The molecule has 0 radical (unpaired) electrons. The molecule has 8 heteroatoms. The molecule has 0 aliphatic heterocycles. The Labute approximate surface area is 197 Å². The second-order valence-electron chi connectivity index (χ2n) is 7.71. The van der Waals surface area contributed by atoms with Crippen molar-refractivity contribution in [2.24, 2.45) is 0 Å². The summed E-state index contributed by atoms with van der Waals surface area (Å²) in [4.78, 5) is 12.9. The first-order chi connectivity index (χ1) is 16.1. The number of fused-ring (bicyclic) bond motifs is 1. The number of carbonyl (C=O) groups excluding carboxylic acids is 1. The summed E-state index contributed by atoms with van der Waals surface area (Å²) in [6.07, 6.45) is 6.66. The van der Waals surface area contributed by atoms with E-state index < -0.39 is 21.7 Å². The molecule has 0 spiro atoms. The van der Waals surface area contributed by atoms with Gasteiger partial charge in [-0.15, -0.1) is 6.42 Å². The molecule has 1 heterocycles. The molecular weight excluding hydrogens is 455 g/mol. The lowest BCUT2D eigenvalue weighted by Gasteiger charge is -2.21. The summed E-state index contributed by atoms with van der Waals surface area (Å²) in [6, 6.07) is 16.0. The molecule has 0 aliphatic carbocycles. The number of hydrogen-bond donors (Lipinski definition) is 1. The van der Waals surface area contributed by atoms with E-state index in [0.717, 1.165) is 10.6 Å². The lowest BCUT2D eigenvalue weighted by atomic mass is 9.97. The molecule has 1 amide bonds. The third kappa shape index (κ3) is 4.14. The zero-order valence-corrected chi connectivity index (χ0v) is 19.5. The molecule has 4 rings (SSSR count). The molecular formula is C26H21FN2O4S. The Morgan fingerprint density at radius 1 is 1.09 bits per heavy atom. The molecule has 0 atom stereocenters.